The van der Waals surface area contributed by atoms with Crippen LogP contribution in [0.25, 0.3) is 0 Å². The number of hydrogen-bond donors (Lipinski definition) is 1. The summed E-state index contributed by atoms with van der Waals surface area (Å²) in [6.07, 6.45) is -0.686. The molecule has 166 valence electrons. The van der Waals surface area contributed by atoms with Gasteiger partial charge in [0.15, 0.2) is 6.10 Å². The molecule has 0 spiro atoms. The van der Waals surface area contributed by atoms with Crippen LogP contribution in [0.1, 0.15) is 4.88 Å². The van der Waals surface area contributed by atoms with E-state index in [0.29, 0.717) is 12.3 Å². The number of rotatable bonds is 7. The minimum Gasteiger partial charge on any atom is -0.497 e. The zero-order valence-electron chi connectivity index (χ0n) is 18.0. The van der Waals surface area contributed by atoms with Gasteiger partial charge in [-0.3, -0.25) is 9.59 Å². The van der Waals surface area contributed by atoms with Crippen LogP contribution >= 0.6 is 11.3 Å². The highest BCUT2D eigenvalue weighted by Gasteiger charge is 2.32. The van der Waals surface area contributed by atoms with Gasteiger partial charge in [0, 0.05) is 17.6 Å². The number of anilines is 2. The lowest BCUT2D eigenvalue weighted by Crippen LogP contribution is -2.51. The Morgan fingerprint density at radius 2 is 1.94 bits per heavy atom. The van der Waals surface area contributed by atoms with Gasteiger partial charge in [0.05, 0.1) is 32.4 Å². The maximum atomic E-state index is 13.6. The molecule has 1 aliphatic heterocycles. The van der Waals surface area contributed by atoms with Crippen molar-refractivity contribution in [3.05, 3.63) is 70.9 Å². The van der Waals surface area contributed by atoms with Gasteiger partial charge in [-0.15, -0.1) is 11.3 Å². The number of nitrogens with one attached hydrogen (secondary N) is 1. The van der Waals surface area contributed by atoms with Gasteiger partial charge >= 0.3 is 0 Å². The number of para-hydroxylation sites is 2. The minimum absolute atomic E-state index is 0.0732. The zero-order valence-corrected chi connectivity index (χ0v) is 18.8. The first-order valence-corrected chi connectivity index (χ1v) is 11.2. The Morgan fingerprint density at radius 1 is 1.16 bits per heavy atom. The fourth-order valence-corrected chi connectivity index (χ4v) is 4.34. The Balaban J connectivity index is 1.61. The molecule has 0 bridgehead atoms. The van der Waals surface area contributed by atoms with Crippen LogP contribution in [0, 0.1) is 0 Å². The molecule has 32 heavy (non-hydrogen) atoms. The number of amides is 2. The molecule has 3 aromatic rings. The lowest BCUT2D eigenvalue weighted by Gasteiger charge is -2.36. The van der Waals surface area contributed by atoms with Crippen LogP contribution in [-0.2, 0) is 16.1 Å². The number of likely N-dealkylation sites (N-methyl/N-ethyl adjacent to an activating group) is 1. The highest BCUT2D eigenvalue weighted by atomic mass is 32.1. The molecule has 1 aromatic heterocycles. The molecule has 1 atom stereocenters. The van der Waals surface area contributed by atoms with Crippen molar-refractivity contribution in [2.45, 2.75) is 12.6 Å². The van der Waals surface area contributed by atoms with E-state index in [1.807, 2.05) is 70.9 Å². The molecule has 0 saturated carbocycles. The number of methoxy groups -OCH3 is 1. The molecule has 2 aromatic carbocycles. The van der Waals surface area contributed by atoms with Crippen molar-refractivity contribution in [3.63, 3.8) is 0 Å². The smallest absolute Gasteiger partial charge is 0.262 e. The Morgan fingerprint density at radius 3 is 2.62 bits per heavy atom. The van der Waals surface area contributed by atoms with Gasteiger partial charge in [-0.1, -0.05) is 18.2 Å². The van der Waals surface area contributed by atoms with E-state index in [-0.39, 0.29) is 24.9 Å². The van der Waals surface area contributed by atoms with E-state index < -0.39 is 6.10 Å². The second-order valence-electron chi connectivity index (χ2n) is 7.33. The fourth-order valence-electron chi connectivity index (χ4n) is 3.65. The van der Waals surface area contributed by atoms with E-state index in [1.54, 1.807) is 30.4 Å². The summed E-state index contributed by atoms with van der Waals surface area (Å²) in [6.45, 7) is 0.872. The highest BCUT2D eigenvalue weighted by Crippen LogP contribution is 2.33. The number of thiophene rings is 1. The molecule has 8 heteroatoms. The summed E-state index contributed by atoms with van der Waals surface area (Å²) >= 11 is 1.61. The molecule has 1 N–H and O–H groups in total. The SMILES string of the molecule is CNC(=O)C1CN(CC(=O)N(Cc2cccs2)c2ccc(OC)cc2)c2ccccc2O1. The molecule has 4 rings (SSSR count). The highest BCUT2D eigenvalue weighted by molar-refractivity contribution is 7.09. The van der Waals surface area contributed by atoms with Crippen LogP contribution in [-0.4, -0.2) is 45.2 Å². The number of carbonyl (C=O) groups excluding carboxylic acids is 2. The molecule has 0 aliphatic carbocycles. The molecule has 7 nitrogen and oxygen atoms in total. The molecule has 0 saturated heterocycles. The number of nitrogens with zero attached hydrogens (tertiary/aromatic N) is 2. The van der Waals surface area contributed by atoms with Crippen molar-refractivity contribution in [3.8, 4) is 11.5 Å². The summed E-state index contributed by atoms with van der Waals surface area (Å²) in [5.41, 5.74) is 1.58. The Hall–Kier alpha value is -3.52. The third kappa shape index (κ3) is 4.70. The Labute approximate surface area is 191 Å². The van der Waals surface area contributed by atoms with Gasteiger partial charge in [0.2, 0.25) is 5.91 Å². The lowest BCUT2D eigenvalue weighted by atomic mass is 10.1. The van der Waals surface area contributed by atoms with E-state index in [9.17, 15) is 9.59 Å². The lowest BCUT2D eigenvalue weighted by molar-refractivity contribution is -0.127. The van der Waals surface area contributed by atoms with Crippen LogP contribution in [0.2, 0.25) is 0 Å². The molecule has 2 amide bonds. The summed E-state index contributed by atoms with van der Waals surface area (Å²) < 4.78 is 11.1. The molecule has 0 radical (unpaired) electrons. The van der Waals surface area contributed by atoms with Crippen LogP contribution in [0.5, 0.6) is 11.5 Å². The summed E-state index contributed by atoms with van der Waals surface area (Å²) in [6, 6.07) is 18.9. The van der Waals surface area contributed by atoms with Crippen molar-refractivity contribution in [1.82, 2.24) is 5.32 Å². The molecule has 1 aliphatic rings. The van der Waals surface area contributed by atoms with Crippen LogP contribution in [0.4, 0.5) is 11.4 Å². The molecule has 2 heterocycles. The topological polar surface area (TPSA) is 71.1 Å². The minimum atomic E-state index is -0.686. The second kappa shape index (κ2) is 9.74. The van der Waals surface area contributed by atoms with E-state index >= 15 is 0 Å². The Kier molecular flexibility index (Phi) is 6.61. The van der Waals surface area contributed by atoms with Gasteiger partial charge < -0.3 is 24.6 Å². The fraction of sp³-hybridized carbons (Fsp3) is 0.250. The predicted molar refractivity (Wildman–Crippen MR) is 126 cm³/mol. The van der Waals surface area contributed by atoms with Crippen molar-refractivity contribution < 1.29 is 19.1 Å². The predicted octanol–water partition coefficient (Wildman–Crippen LogP) is 3.30. The van der Waals surface area contributed by atoms with Gasteiger partial charge in [-0.2, -0.15) is 0 Å². The third-order valence-corrected chi connectivity index (χ3v) is 6.17. The van der Waals surface area contributed by atoms with Gasteiger partial charge in [-0.25, -0.2) is 0 Å². The molecular weight excluding hydrogens is 426 g/mol. The quantitative estimate of drug-likeness (QED) is 0.597. The van der Waals surface area contributed by atoms with Crippen LogP contribution in [0.3, 0.4) is 0 Å². The zero-order chi connectivity index (χ0) is 22.5. The summed E-state index contributed by atoms with van der Waals surface area (Å²) in [4.78, 5) is 30.6. The van der Waals surface area contributed by atoms with Crippen molar-refractivity contribution in [2.75, 3.05) is 37.0 Å². The van der Waals surface area contributed by atoms with E-state index in [4.69, 9.17) is 9.47 Å². The van der Waals surface area contributed by atoms with Crippen LogP contribution in [0.15, 0.2) is 66.0 Å². The van der Waals surface area contributed by atoms with E-state index in [0.717, 1.165) is 22.0 Å². The number of hydrogen-bond acceptors (Lipinski definition) is 6. The van der Waals surface area contributed by atoms with Gasteiger partial charge in [-0.05, 0) is 47.8 Å². The largest absolute Gasteiger partial charge is 0.497 e. The first-order chi connectivity index (χ1) is 15.6. The monoisotopic (exact) mass is 451 g/mol. The maximum Gasteiger partial charge on any atom is 0.262 e. The van der Waals surface area contributed by atoms with Gasteiger partial charge in [0.1, 0.15) is 11.5 Å². The number of fused-ring (bicyclic) bond motifs is 1. The standard InChI is InChI=1S/C24H25N3O4S/c1-25-24(29)22-15-26(20-7-3-4-8-21(20)31-22)16-23(28)27(14-19-6-5-13-32-19)17-9-11-18(30-2)12-10-17/h3-13,22H,14-16H2,1-2H3,(H,25,29). The average Bonchev–Trinajstić information content (AvgIpc) is 3.35. The van der Waals surface area contributed by atoms with Gasteiger partial charge in [0.25, 0.3) is 5.91 Å². The first-order valence-electron chi connectivity index (χ1n) is 10.3. The summed E-state index contributed by atoms with van der Waals surface area (Å²) in [5.74, 6) is 1.03. The summed E-state index contributed by atoms with van der Waals surface area (Å²) in [7, 11) is 3.19. The van der Waals surface area contributed by atoms with E-state index in [2.05, 4.69) is 5.32 Å². The molecular formula is C24H25N3O4S. The maximum absolute atomic E-state index is 13.6. The first kappa shape index (κ1) is 21.7. The average molecular weight is 452 g/mol. The third-order valence-electron chi connectivity index (χ3n) is 5.31. The van der Waals surface area contributed by atoms with Crippen molar-refractivity contribution >= 4 is 34.5 Å². The normalized spacial score (nSPS) is 14.8. The summed E-state index contributed by atoms with van der Waals surface area (Å²) in [5, 5.41) is 4.63. The van der Waals surface area contributed by atoms with Crippen LogP contribution < -0.4 is 24.6 Å². The second-order valence-corrected chi connectivity index (χ2v) is 8.36. The van der Waals surface area contributed by atoms with Crippen molar-refractivity contribution in [2.24, 2.45) is 0 Å². The number of ether oxygens (including phenoxy) is 2. The number of carbonyl (C=O) groups is 2. The number of benzene rings is 2. The molecule has 0 fully saturated rings. The van der Waals surface area contributed by atoms with E-state index in [1.165, 1.54) is 0 Å². The Bertz CT molecular complexity index is 1070. The molecule has 1 unspecified atom stereocenters. The van der Waals surface area contributed by atoms with Crippen molar-refractivity contribution in [1.29, 1.82) is 0 Å².